The molecule has 3 unspecified atom stereocenters. The molecule has 1 aliphatic rings. The number of nitrogens with zero attached hydrogens (tertiary/aromatic N) is 1. The maximum atomic E-state index is 3.89. The molecule has 88 valence electrons. The third-order valence-corrected chi connectivity index (χ3v) is 3.68. The van der Waals surface area contributed by atoms with Crippen molar-refractivity contribution in [3.63, 3.8) is 0 Å². The summed E-state index contributed by atoms with van der Waals surface area (Å²) in [5, 5.41) is 0. The quantitative estimate of drug-likeness (QED) is 0.638. The fourth-order valence-electron chi connectivity index (χ4n) is 3.29. The van der Waals surface area contributed by atoms with Crippen molar-refractivity contribution in [2.75, 3.05) is 0 Å². The minimum atomic E-state index is 0.291. The molecule has 1 fully saturated rings. The largest absolute Gasteiger partial charge is 0.292 e. The van der Waals surface area contributed by atoms with Crippen LogP contribution < -0.4 is 0 Å². The van der Waals surface area contributed by atoms with Crippen molar-refractivity contribution in [3.05, 3.63) is 12.7 Å². The molecule has 0 bridgehead atoms. The van der Waals surface area contributed by atoms with E-state index in [0.29, 0.717) is 11.6 Å². The molecule has 1 saturated heterocycles. The number of likely N-dealkylation sites (tertiary alicyclic amines) is 1. The van der Waals surface area contributed by atoms with Crippen LogP contribution in [0.2, 0.25) is 0 Å². The van der Waals surface area contributed by atoms with Crippen LogP contribution in [0.15, 0.2) is 12.7 Å². The van der Waals surface area contributed by atoms with Gasteiger partial charge in [0.2, 0.25) is 0 Å². The van der Waals surface area contributed by atoms with Gasteiger partial charge >= 0.3 is 0 Å². The van der Waals surface area contributed by atoms with Gasteiger partial charge in [-0.25, -0.2) is 0 Å². The Hall–Kier alpha value is -0.300. The van der Waals surface area contributed by atoms with Gasteiger partial charge in [-0.15, -0.1) is 6.58 Å². The van der Waals surface area contributed by atoms with Gasteiger partial charge in [0.1, 0.15) is 0 Å². The Balaban J connectivity index is 2.86. The third-order valence-electron chi connectivity index (χ3n) is 3.68. The second-order valence-corrected chi connectivity index (χ2v) is 5.94. The summed E-state index contributed by atoms with van der Waals surface area (Å²) in [7, 11) is 0. The normalized spacial score (nSPS) is 33.3. The summed E-state index contributed by atoms with van der Waals surface area (Å²) in [5.74, 6) is 0.833. The van der Waals surface area contributed by atoms with Gasteiger partial charge in [0.25, 0.3) is 0 Å². The lowest BCUT2D eigenvalue weighted by Gasteiger charge is -2.41. The number of hydrogen-bond donors (Lipinski definition) is 0. The van der Waals surface area contributed by atoms with Crippen molar-refractivity contribution in [2.24, 2.45) is 5.92 Å². The molecule has 3 atom stereocenters. The first kappa shape index (κ1) is 12.8. The molecule has 0 aliphatic carbocycles. The first-order valence-corrected chi connectivity index (χ1v) is 6.31. The molecular weight excluding hydrogens is 182 g/mol. The second-order valence-electron chi connectivity index (χ2n) is 5.94. The van der Waals surface area contributed by atoms with Crippen LogP contribution in [0.4, 0.5) is 0 Å². The maximum absolute atomic E-state index is 3.89. The van der Waals surface area contributed by atoms with Crippen molar-refractivity contribution in [3.8, 4) is 0 Å². The molecule has 1 nitrogen and oxygen atoms in total. The van der Waals surface area contributed by atoms with Crippen LogP contribution in [0.3, 0.4) is 0 Å². The van der Waals surface area contributed by atoms with E-state index in [9.17, 15) is 0 Å². The molecule has 0 aromatic carbocycles. The number of hydrogen-bond acceptors (Lipinski definition) is 1. The minimum absolute atomic E-state index is 0.291. The van der Waals surface area contributed by atoms with Gasteiger partial charge in [0, 0.05) is 17.6 Å². The molecule has 0 aromatic heterocycles. The topological polar surface area (TPSA) is 3.24 Å². The summed E-state index contributed by atoms with van der Waals surface area (Å²) in [5.41, 5.74) is 0.291. The van der Waals surface area contributed by atoms with Gasteiger partial charge in [0.05, 0.1) is 0 Å². The van der Waals surface area contributed by atoms with Gasteiger partial charge < -0.3 is 0 Å². The highest BCUT2D eigenvalue weighted by molar-refractivity contribution is 4.99. The van der Waals surface area contributed by atoms with Gasteiger partial charge in [-0.05, 0) is 46.0 Å². The Morgan fingerprint density at radius 3 is 2.40 bits per heavy atom. The standard InChI is InChI=1S/C14H27N/c1-7-9-12-10-11(3)13(8-2)15(12)14(4,5)6/h7,11-13H,1,8-10H2,2-6H3. The summed E-state index contributed by atoms with van der Waals surface area (Å²) < 4.78 is 0. The average molecular weight is 209 g/mol. The van der Waals surface area contributed by atoms with Crippen molar-refractivity contribution >= 4 is 0 Å². The van der Waals surface area contributed by atoms with Crippen LogP contribution in [-0.2, 0) is 0 Å². The van der Waals surface area contributed by atoms with Crippen molar-refractivity contribution in [1.82, 2.24) is 4.90 Å². The van der Waals surface area contributed by atoms with Crippen LogP contribution in [0.1, 0.15) is 53.9 Å². The molecule has 0 aromatic rings. The lowest BCUT2D eigenvalue weighted by atomic mass is 9.97. The van der Waals surface area contributed by atoms with Crippen molar-refractivity contribution in [2.45, 2.75) is 71.5 Å². The first-order chi connectivity index (χ1) is 6.91. The van der Waals surface area contributed by atoms with Gasteiger partial charge in [0.15, 0.2) is 0 Å². The molecule has 1 heterocycles. The van der Waals surface area contributed by atoms with Crippen LogP contribution in [0, 0.1) is 5.92 Å². The molecule has 0 radical (unpaired) electrons. The van der Waals surface area contributed by atoms with Crippen LogP contribution in [0.5, 0.6) is 0 Å². The zero-order valence-electron chi connectivity index (χ0n) is 11.1. The molecule has 1 rings (SSSR count). The van der Waals surface area contributed by atoms with E-state index in [0.717, 1.165) is 18.4 Å². The Bertz CT molecular complexity index is 214. The predicted octanol–water partition coefficient (Wildman–Crippen LogP) is 3.85. The molecule has 15 heavy (non-hydrogen) atoms. The van der Waals surface area contributed by atoms with Crippen molar-refractivity contribution < 1.29 is 0 Å². The molecular formula is C14H27N. The highest BCUT2D eigenvalue weighted by Crippen LogP contribution is 2.38. The van der Waals surface area contributed by atoms with E-state index in [-0.39, 0.29) is 0 Å². The van der Waals surface area contributed by atoms with Crippen LogP contribution >= 0.6 is 0 Å². The Morgan fingerprint density at radius 2 is 2.00 bits per heavy atom. The monoisotopic (exact) mass is 209 g/mol. The second kappa shape index (κ2) is 4.69. The van der Waals surface area contributed by atoms with E-state index >= 15 is 0 Å². The first-order valence-electron chi connectivity index (χ1n) is 6.31. The van der Waals surface area contributed by atoms with Gasteiger partial charge in [-0.2, -0.15) is 0 Å². The van der Waals surface area contributed by atoms with E-state index in [2.05, 4.69) is 52.2 Å². The number of rotatable bonds is 3. The van der Waals surface area contributed by atoms with Crippen LogP contribution in [0.25, 0.3) is 0 Å². The van der Waals surface area contributed by atoms with E-state index in [1.54, 1.807) is 0 Å². The fourth-order valence-corrected chi connectivity index (χ4v) is 3.29. The van der Waals surface area contributed by atoms with Gasteiger partial charge in [-0.1, -0.05) is 19.9 Å². The molecule has 0 N–H and O–H groups in total. The lowest BCUT2D eigenvalue weighted by Crippen LogP contribution is -2.49. The lowest BCUT2D eigenvalue weighted by molar-refractivity contribution is 0.0681. The summed E-state index contributed by atoms with van der Waals surface area (Å²) in [6.45, 7) is 15.6. The summed E-state index contributed by atoms with van der Waals surface area (Å²) in [4.78, 5) is 2.72. The highest BCUT2D eigenvalue weighted by atomic mass is 15.3. The summed E-state index contributed by atoms with van der Waals surface area (Å²) >= 11 is 0. The molecule has 1 heteroatoms. The predicted molar refractivity (Wildman–Crippen MR) is 68.1 cm³/mol. The molecule has 0 spiro atoms. The summed E-state index contributed by atoms with van der Waals surface area (Å²) in [6, 6.07) is 1.47. The van der Waals surface area contributed by atoms with Crippen molar-refractivity contribution in [1.29, 1.82) is 0 Å². The van der Waals surface area contributed by atoms with E-state index in [4.69, 9.17) is 0 Å². The third kappa shape index (κ3) is 2.63. The Labute approximate surface area is 95.5 Å². The Morgan fingerprint density at radius 1 is 1.40 bits per heavy atom. The smallest absolute Gasteiger partial charge is 0.0141 e. The summed E-state index contributed by atoms with van der Waals surface area (Å²) in [6.07, 6.45) is 5.82. The zero-order valence-corrected chi connectivity index (χ0v) is 11.1. The highest BCUT2D eigenvalue weighted by Gasteiger charge is 2.42. The molecule has 0 amide bonds. The average Bonchev–Trinajstić information content (AvgIpc) is 2.41. The van der Waals surface area contributed by atoms with Gasteiger partial charge in [-0.3, -0.25) is 4.90 Å². The molecule has 0 saturated carbocycles. The van der Waals surface area contributed by atoms with E-state index in [1.807, 2.05) is 0 Å². The van der Waals surface area contributed by atoms with E-state index < -0.39 is 0 Å². The van der Waals surface area contributed by atoms with E-state index in [1.165, 1.54) is 12.8 Å². The maximum Gasteiger partial charge on any atom is 0.0141 e. The minimum Gasteiger partial charge on any atom is -0.292 e. The SMILES string of the molecule is C=CCC1CC(C)C(CC)N1C(C)(C)C. The fraction of sp³-hybridized carbons (Fsp3) is 0.857. The van der Waals surface area contributed by atoms with Crippen LogP contribution in [-0.4, -0.2) is 22.5 Å². The Kier molecular flexibility index (Phi) is 3.99. The zero-order chi connectivity index (χ0) is 11.6. The molecule has 1 aliphatic heterocycles.